The average molecular weight is 292 g/mol. The van der Waals surface area contributed by atoms with Crippen LogP contribution < -0.4 is 15.2 Å². The Balaban J connectivity index is 2.47. The molecule has 20 heavy (non-hydrogen) atoms. The molecule has 2 aromatic carbocycles. The third-order valence-corrected chi connectivity index (χ3v) is 3.01. The predicted molar refractivity (Wildman–Crippen MR) is 78.8 cm³/mol. The summed E-state index contributed by atoms with van der Waals surface area (Å²) in [6, 6.07) is 9.73. The van der Waals surface area contributed by atoms with Crippen LogP contribution in [0.4, 0.5) is 5.69 Å². The van der Waals surface area contributed by atoms with Crippen LogP contribution >= 0.6 is 11.6 Å². The monoisotopic (exact) mass is 291 g/mol. The van der Waals surface area contributed by atoms with Gasteiger partial charge in [-0.05, 0) is 30.3 Å². The highest BCUT2D eigenvalue weighted by molar-refractivity contribution is 6.31. The van der Waals surface area contributed by atoms with E-state index in [-0.39, 0.29) is 5.78 Å². The zero-order valence-corrected chi connectivity index (χ0v) is 11.9. The molecule has 104 valence electrons. The number of ether oxygens (including phenoxy) is 2. The van der Waals surface area contributed by atoms with Crippen molar-refractivity contribution in [2.75, 3.05) is 20.0 Å². The Morgan fingerprint density at radius 1 is 0.950 bits per heavy atom. The molecule has 0 saturated carbocycles. The zero-order valence-electron chi connectivity index (χ0n) is 11.1. The molecule has 0 aliphatic heterocycles. The summed E-state index contributed by atoms with van der Waals surface area (Å²) in [5, 5.41) is 0.420. The fraction of sp³-hybridized carbons (Fsp3) is 0.133. The fourth-order valence-corrected chi connectivity index (χ4v) is 2.09. The number of anilines is 1. The number of hydrogen-bond acceptors (Lipinski definition) is 4. The second kappa shape index (κ2) is 5.84. The van der Waals surface area contributed by atoms with Gasteiger partial charge in [0, 0.05) is 27.9 Å². The maximum atomic E-state index is 12.5. The molecule has 0 atom stereocenters. The predicted octanol–water partition coefficient (Wildman–Crippen LogP) is 3.17. The van der Waals surface area contributed by atoms with Gasteiger partial charge in [0.2, 0.25) is 0 Å². The molecule has 0 fully saturated rings. The summed E-state index contributed by atoms with van der Waals surface area (Å²) >= 11 is 5.92. The van der Waals surface area contributed by atoms with Crippen LogP contribution in [0.1, 0.15) is 15.9 Å². The number of halogens is 1. The lowest BCUT2D eigenvalue weighted by Crippen LogP contribution is -2.03. The first-order chi connectivity index (χ1) is 9.53. The highest BCUT2D eigenvalue weighted by Gasteiger charge is 2.13. The van der Waals surface area contributed by atoms with Crippen molar-refractivity contribution in [3.05, 3.63) is 52.5 Å². The molecule has 0 aliphatic carbocycles. The summed E-state index contributed by atoms with van der Waals surface area (Å²) in [6.45, 7) is 0. The van der Waals surface area contributed by atoms with E-state index in [2.05, 4.69) is 0 Å². The van der Waals surface area contributed by atoms with Crippen LogP contribution in [0.5, 0.6) is 11.5 Å². The van der Waals surface area contributed by atoms with Crippen LogP contribution in [0.3, 0.4) is 0 Å². The van der Waals surface area contributed by atoms with Crippen molar-refractivity contribution in [1.29, 1.82) is 0 Å². The Hall–Kier alpha value is -2.20. The van der Waals surface area contributed by atoms with E-state index in [1.807, 2.05) is 0 Å². The molecule has 0 aromatic heterocycles. The van der Waals surface area contributed by atoms with E-state index in [4.69, 9.17) is 26.8 Å². The molecule has 0 radical (unpaired) electrons. The topological polar surface area (TPSA) is 61.5 Å². The molecule has 0 aliphatic rings. The standard InChI is InChI=1S/C15H14ClNO3/c1-19-13-5-10(6-14(8-13)20-2)15(18)9-3-11(16)7-12(17)4-9/h3-8H,17H2,1-2H3. The van der Waals surface area contributed by atoms with Gasteiger partial charge in [0.05, 0.1) is 14.2 Å². The Morgan fingerprint density at radius 3 is 2.00 bits per heavy atom. The zero-order chi connectivity index (χ0) is 14.7. The maximum absolute atomic E-state index is 12.5. The van der Waals surface area contributed by atoms with E-state index in [0.717, 1.165) is 0 Å². The molecule has 0 unspecified atom stereocenters. The minimum absolute atomic E-state index is 0.198. The summed E-state index contributed by atoms with van der Waals surface area (Å²) in [4.78, 5) is 12.5. The molecule has 0 amide bonds. The van der Waals surface area contributed by atoms with Gasteiger partial charge >= 0.3 is 0 Å². The molecule has 2 N–H and O–H groups in total. The highest BCUT2D eigenvalue weighted by Crippen LogP contribution is 2.25. The van der Waals surface area contributed by atoms with E-state index >= 15 is 0 Å². The van der Waals surface area contributed by atoms with Crippen LogP contribution in [0, 0.1) is 0 Å². The average Bonchev–Trinajstić information content (AvgIpc) is 2.44. The molecule has 4 nitrogen and oxygen atoms in total. The second-order valence-electron chi connectivity index (χ2n) is 4.20. The van der Waals surface area contributed by atoms with E-state index < -0.39 is 0 Å². The second-order valence-corrected chi connectivity index (χ2v) is 4.64. The number of benzene rings is 2. The van der Waals surface area contributed by atoms with Crippen LogP contribution in [-0.2, 0) is 0 Å². The van der Waals surface area contributed by atoms with Crippen molar-refractivity contribution in [2.45, 2.75) is 0 Å². The summed E-state index contributed by atoms with van der Waals surface area (Å²) in [6.07, 6.45) is 0. The molecule has 0 saturated heterocycles. The van der Waals surface area contributed by atoms with Gasteiger partial charge in [-0.1, -0.05) is 11.6 Å². The quantitative estimate of drug-likeness (QED) is 0.694. The van der Waals surface area contributed by atoms with E-state index in [1.54, 1.807) is 36.4 Å². The Bertz CT molecular complexity index is 613. The van der Waals surface area contributed by atoms with E-state index in [1.165, 1.54) is 14.2 Å². The highest BCUT2D eigenvalue weighted by atomic mass is 35.5. The lowest BCUT2D eigenvalue weighted by molar-refractivity contribution is 0.103. The van der Waals surface area contributed by atoms with Gasteiger partial charge < -0.3 is 15.2 Å². The van der Waals surface area contributed by atoms with Crippen molar-refractivity contribution in [2.24, 2.45) is 0 Å². The number of carbonyl (C=O) groups is 1. The third-order valence-electron chi connectivity index (χ3n) is 2.80. The molecular formula is C15H14ClNO3. The van der Waals surface area contributed by atoms with Gasteiger partial charge in [-0.15, -0.1) is 0 Å². The van der Waals surface area contributed by atoms with Gasteiger partial charge in [0.15, 0.2) is 5.78 Å². The molecule has 0 spiro atoms. The normalized spacial score (nSPS) is 10.2. The smallest absolute Gasteiger partial charge is 0.193 e. The largest absolute Gasteiger partial charge is 0.497 e. The lowest BCUT2D eigenvalue weighted by Gasteiger charge is -2.08. The number of methoxy groups -OCH3 is 2. The number of rotatable bonds is 4. The first-order valence-electron chi connectivity index (χ1n) is 5.87. The fourth-order valence-electron chi connectivity index (χ4n) is 1.85. The van der Waals surface area contributed by atoms with E-state index in [0.29, 0.717) is 33.3 Å². The van der Waals surface area contributed by atoms with Crippen molar-refractivity contribution < 1.29 is 14.3 Å². The van der Waals surface area contributed by atoms with Gasteiger partial charge in [0.25, 0.3) is 0 Å². The van der Waals surface area contributed by atoms with Gasteiger partial charge in [-0.3, -0.25) is 4.79 Å². The molecule has 5 heteroatoms. The van der Waals surface area contributed by atoms with Crippen LogP contribution in [-0.4, -0.2) is 20.0 Å². The third kappa shape index (κ3) is 3.03. The minimum Gasteiger partial charge on any atom is -0.497 e. The van der Waals surface area contributed by atoms with Crippen molar-refractivity contribution in [3.8, 4) is 11.5 Å². The molecule has 2 aromatic rings. The SMILES string of the molecule is COc1cc(OC)cc(C(=O)c2cc(N)cc(Cl)c2)c1. The Kier molecular flexibility index (Phi) is 4.15. The van der Waals surface area contributed by atoms with Gasteiger partial charge in [-0.2, -0.15) is 0 Å². The number of carbonyl (C=O) groups excluding carboxylic acids is 1. The van der Waals surface area contributed by atoms with Crippen LogP contribution in [0.25, 0.3) is 0 Å². The van der Waals surface area contributed by atoms with Crippen molar-refractivity contribution in [1.82, 2.24) is 0 Å². The number of hydrogen-bond donors (Lipinski definition) is 1. The Labute approximate surface area is 122 Å². The maximum Gasteiger partial charge on any atom is 0.193 e. The molecule has 0 heterocycles. The number of nitrogens with two attached hydrogens (primary N) is 1. The molecule has 0 bridgehead atoms. The lowest BCUT2D eigenvalue weighted by atomic mass is 10.0. The summed E-state index contributed by atoms with van der Waals surface area (Å²) in [5.41, 5.74) is 7.01. The van der Waals surface area contributed by atoms with Crippen molar-refractivity contribution in [3.63, 3.8) is 0 Å². The Morgan fingerprint density at radius 2 is 1.50 bits per heavy atom. The van der Waals surface area contributed by atoms with Crippen LogP contribution in [0.15, 0.2) is 36.4 Å². The van der Waals surface area contributed by atoms with Crippen LogP contribution in [0.2, 0.25) is 5.02 Å². The van der Waals surface area contributed by atoms with Crippen molar-refractivity contribution >= 4 is 23.1 Å². The summed E-state index contributed by atoms with van der Waals surface area (Å²) in [5.74, 6) is 0.891. The van der Waals surface area contributed by atoms with Gasteiger partial charge in [0.1, 0.15) is 11.5 Å². The minimum atomic E-state index is -0.198. The first kappa shape index (κ1) is 14.2. The first-order valence-corrected chi connectivity index (χ1v) is 6.25. The summed E-state index contributed by atoms with van der Waals surface area (Å²) < 4.78 is 10.3. The number of ketones is 1. The molecular weight excluding hydrogens is 278 g/mol. The summed E-state index contributed by atoms with van der Waals surface area (Å²) in [7, 11) is 3.06. The van der Waals surface area contributed by atoms with E-state index in [9.17, 15) is 4.79 Å². The van der Waals surface area contributed by atoms with Gasteiger partial charge in [-0.25, -0.2) is 0 Å². The molecule has 2 rings (SSSR count). The number of nitrogen functional groups attached to an aromatic ring is 1.